The number of hydrogen-bond acceptors (Lipinski definition) is 3. The van der Waals surface area contributed by atoms with Crippen LogP contribution in [0.4, 0.5) is 10.1 Å². The molecule has 0 unspecified atom stereocenters. The van der Waals surface area contributed by atoms with Gasteiger partial charge >= 0.3 is 0 Å². The van der Waals surface area contributed by atoms with Crippen LogP contribution in [0.15, 0.2) is 32.9 Å². The predicted molar refractivity (Wildman–Crippen MR) is 78.7 cm³/mol. The third-order valence-electron chi connectivity index (χ3n) is 2.56. The van der Waals surface area contributed by atoms with E-state index < -0.39 is 15.8 Å². The van der Waals surface area contributed by atoms with Gasteiger partial charge in [-0.25, -0.2) is 12.8 Å². The molecule has 0 fully saturated rings. The highest BCUT2D eigenvalue weighted by Gasteiger charge is 2.20. The standard InChI is InChI=1S/C12H11BrFNO2S2/c1-7-5-9(14)3-4-10(7)15-19(16,17)11-6-12(13)18-8(11)2/h3-6,15H,1-2H3. The van der Waals surface area contributed by atoms with Crippen LogP contribution in [0.2, 0.25) is 0 Å². The molecule has 1 aromatic heterocycles. The fourth-order valence-electron chi connectivity index (χ4n) is 1.64. The summed E-state index contributed by atoms with van der Waals surface area (Å²) in [5.74, 6) is -0.394. The Morgan fingerprint density at radius 2 is 1.95 bits per heavy atom. The Labute approximate surface area is 123 Å². The van der Waals surface area contributed by atoms with E-state index in [1.165, 1.54) is 29.5 Å². The first-order valence-corrected chi connectivity index (χ1v) is 8.44. The summed E-state index contributed by atoms with van der Waals surface area (Å²) in [5, 5.41) is 0. The molecule has 2 rings (SSSR count). The minimum Gasteiger partial charge on any atom is -0.279 e. The Kier molecular flexibility index (Phi) is 3.98. The van der Waals surface area contributed by atoms with Gasteiger partial charge in [0, 0.05) is 4.88 Å². The number of halogens is 2. The lowest BCUT2D eigenvalue weighted by Crippen LogP contribution is -2.14. The number of sulfonamides is 1. The minimum atomic E-state index is -3.65. The van der Waals surface area contributed by atoms with Crippen LogP contribution >= 0.6 is 27.3 Å². The molecule has 1 N–H and O–H groups in total. The van der Waals surface area contributed by atoms with E-state index in [0.29, 0.717) is 16.1 Å². The van der Waals surface area contributed by atoms with Gasteiger partial charge in [-0.05, 0) is 59.6 Å². The molecular weight excluding hydrogens is 353 g/mol. The molecule has 1 aromatic carbocycles. The van der Waals surface area contributed by atoms with Gasteiger partial charge in [-0.15, -0.1) is 11.3 Å². The number of rotatable bonds is 3. The zero-order chi connectivity index (χ0) is 14.2. The van der Waals surface area contributed by atoms with Gasteiger partial charge in [0.15, 0.2) is 0 Å². The molecule has 0 bridgehead atoms. The molecule has 0 aliphatic heterocycles. The average Bonchev–Trinajstić information content (AvgIpc) is 2.63. The third kappa shape index (κ3) is 3.16. The molecule has 102 valence electrons. The van der Waals surface area contributed by atoms with Crippen molar-refractivity contribution in [3.05, 3.63) is 44.3 Å². The molecule has 7 heteroatoms. The lowest BCUT2D eigenvalue weighted by atomic mass is 10.2. The molecule has 1 heterocycles. The van der Waals surface area contributed by atoms with E-state index >= 15 is 0 Å². The number of thiophene rings is 1. The van der Waals surface area contributed by atoms with Crippen LogP contribution in [-0.2, 0) is 10.0 Å². The number of benzene rings is 1. The Bertz CT molecular complexity index is 725. The van der Waals surface area contributed by atoms with Gasteiger partial charge in [-0.3, -0.25) is 4.72 Å². The molecule has 0 saturated carbocycles. The number of anilines is 1. The van der Waals surface area contributed by atoms with Crippen molar-refractivity contribution in [1.82, 2.24) is 0 Å². The fraction of sp³-hybridized carbons (Fsp3) is 0.167. The Morgan fingerprint density at radius 1 is 1.26 bits per heavy atom. The minimum absolute atomic E-state index is 0.230. The summed E-state index contributed by atoms with van der Waals surface area (Å²) in [4.78, 5) is 0.923. The zero-order valence-electron chi connectivity index (χ0n) is 10.2. The van der Waals surface area contributed by atoms with E-state index in [-0.39, 0.29) is 4.90 Å². The van der Waals surface area contributed by atoms with E-state index in [1.54, 1.807) is 19.9 Å². The van der Waals surface area contributed by atoms with Crippen LogP contribution in [0, 0.1) is 19.7 Å². The largest absolute Gasteiger partial charge is 0.279 e. The summed E-state index contributed by atoms with van der Waals surface area (Å²) < 4.78 is 40.7. The smallest absolute Gasteiger partial charge is 0.263 e. The molecule has 0 atom stereocenters. The second-order valence-electron chi connectivity index (χ2n) is 4.04. The molecule has 0 aliphatic carbocycles. The normalized spacial score (nSPS) is 11.6. The second kappa shape index (κ2) is 5.22. The van der Waals surface area contributed by atoms with Crippen molar-refractivity contribution in [1.29, 1.82) is 0 Å². The predicted octanol–water partition coefficient (Wildman–Crippen LogP) is 4.07. The fourth-order valence-corrected chi connectivity index (χ4v) is 5.19. The molecule has 0 saturated heterocycles. The van der Waals surface area contributed by atoms with E-state index in [2.05, 4.69) is 20.7 Å². The van der Waals surface area contributed by atoms with Crippen LogP contribution in [0.1, 0.15) is 10.4 Å². The van der Waals surface area contributed by atoms with Crippen molar-refractivity contribution in [3.8, 4) is 0 Å². The summed E-state index contributed by atoms with van der Waals surface area (Å²) in [5.41, 5.74) is 0.915. The van der Waals surface area contributed by atoms with Gasteiger partial charge in [0.2, 0.25) is 0 Å². The van der Waals surface area contributed by atoms with Crippen molar-refractivity contribution in [3.63, 3.8) is 0 Å². The maximum Gasteiger partial charge on any atom is 0.263 e. The maximum atomic E-state index is 13.0. The molecule has 3 nitrogen and oxygen atoms in total. The summed E-state index contributed by atoms with van der Waals surface area (Å²) in [7, 11) is -3.65. The molecule has 0 amide bonds. The van der Waals surface area contributed by atoms with Crippen molar-refractivity contribution >= 4 is 43.0 Å². The van der Waals surface area contributed by atoms with Gasteiger partial charge in [0.05, 0.1) is 9.47 Å². The molecule has 0 aliphatic rings. The van der Waals surface area contributed by atoms with Crippen molar-refractivity contribution < 1.29 is 12.8 Å². The zero-order valence-corrected chi connectivity index (χ0v) is 13.4. The van der Waals surface area contributed by atoms with Crippen LogP contribution in [0.25, 0.3) is 0 Å². The topological polar surface area (TPSA) is 46.2 Å². The Hall–Kier alpha value is -0.920. The van der Waals surface area contributed by atoms with Crippen molar-refractivity contribution in [2.24, 2.45) is 0 Å². The van der Waals surface area contributed by atoms with Crippen molar-refractivity contribution in [2.45, 2.75) is 18.7 Å². The maximum absolute atomic E-state index is 13.0. The van der Waals surface area contributed by atoms with Gasteiger partial charge in [0.1, 0.15) is 10.7 Å². The first kappa shape index (κ1) is 14.5. The quantitative estimate of drug-likeness (QED) is 0.893. The average molecular weight is 364 g/mol. The first-order chi connectivity index (χ1) is 8.79. The van der Waals surface area contributed by atoms with E-state index in [1.807, 2.05) is 0 Å². The van der Waals surface area contributed by atoms with Crippen LogP contribution < -0.4 is 4.72 Å². The lowest BCUT2D eigenvalue weighted by molar-refractivity contribution is 0.600. The first-order valence-electron chi connectivity index (χ1n) is 5.34. The van der Waals surface area contributed by atoms with E-state index in [4.69, 9.17) is 0 Å². The van der Waals surface area contributed by atoms with Crippen LogP contribution in [0.5, 0.6) is 0 Å². The summed E-state index contributed by atoms with van der Waals surface area (Å²) in [6, 6.07) is 5.48. The van der Waals surface area contributed by atoms with Gasteiger partial charge in [0.25, 0.3) is 10.0 Å². The second-order valence-corrected chi connectivity index (χ2v) is 8.32. The van der Waals surface area contributed by atoms with Gasteiger partial charge in [-0.1, -0.05) is 0 Å². The SMILES string of the molecule is Cc1cc(F)ccc1NS(=O)(=O)c1cc(Br)sc1C. The highest BCUT2D eigenvalue weighted by Crippen LogP contribution is 2.31. The number of aryl methyl sites for hydroxylation is 2. The van der Waals surface area contributed by atoms with Crippen LogP contribution in [0.3, 0.4) is 0 Å². The molecule has 19 heavy (non-hydrogen) atoms. The summed E-state index contributed by atoms with van der Waals surface area (Å²) in [6.07, 6.45) is 0. The van der Waals surface area contributed by atoms with E-state index in [0.717, 1.165) is 3.79 Å². The van der Waals surface area contributed by atoms with Crippen molar-refractivity contribution in [2.75, 3.05) is 4.72 Å². The highest BCUT2D eigenvalue weighted by molar-refractivity contribution is 9.11. The molecule has 0 spiro atoms. The Morgan fingerprint density at radius 3 is 2.47 bits per heavy atom. The van der Waals surface area contributed by atoms with E-state index in [9.17, 15) is 12.8 Å². The summed E-state index contributed by atoms with van der Waals surface area (Å²) in [6.45, 7) is 3.39. The summed E-state index contributed by atoms with van der Waals surface area (Å²) >= 11 is 4.61. The lowest BCUT2D eigenvalue weighted by Gasteiger charge is -2.10. The molecule has 0 radical (unpaired) electrons. The monoisotopic (exact) mass is 363 g/mol. The van der Waals surface area contributed by atoms with Gasteiger partial charge < -0.3 is 0 Å². The van der Waals surface area contributed by atoms with Gasteiger partial charge in [-0.2, -0.15) is 0 Å². The number of nitrogens with one attached hydrogen (secondary N) is 1. The number of hydrogen-bond donors (Lipinski definition) is 1. The van der Waals surface area contributed by atoms with Crippen LogP contribution in [-0.4, -0.2) is 8.42 Å². The molecule has 2 aromatic rings. The third-order valence-corrected chi connectivity index (χ3v) is 5.74. The Balaban J connectivity index is 2.39. The molecular formula is C12H11BrFNO2S2. The highest BCUT2D eigenvalue weighted by atomic mass is 79.9.